The highest BCUT2D eigenvalue weighted by Crippen LogP contribution is 2.31. The number of carbonyl (C=O) groups excluding carboxylic acids is 2. The number of carbonyl (C=O) groups is 2. The van der Waals surface area contributed by atoms with Crippen LogP contribution < -0.4 is 5.11 Å². The Balaban J connectivity index is 1.84. The molecule has 0 aliphatic carbocycles. The van der Waals surface area contributed by atoms with Crippen molar-refractivity contribution in [3.63, 3.8) is 0 Å². The monoisotopic (exact) mass is 250 g/mol. The van der Waals surface area contributed by atoms with Crippen LogP contribution in [0.5, 0.6) is 0 Å². The molecular weight excluding hydrogens is 238 g/mol. The molecule has 0 radical (unpaired) electrons. The first-order valence-electron chi connectivity index (χ1n) is 5.31. The van der Waals surface area contributed by atoms with Crippen molar-refractivity contribution in [1.29, 1.82) is 0 Å². The summed E-state index contributed by atoms with van der Waals surface area (Å²) < 4.78 is 0. The number of nitrogens with zero attached hydrogens (tertiary/aromatic N) is 1. The van der Waals surface area contributed by atoms with Crippen LogP contribution in [0.4, 0.5) is 0 Å². The number of carboxylic acids is 1. The fourth-order valence-electron chi connectivity index (χ4n) is 1.67. The lowest BCUT2D eigenvalue weighted by Crippen LogP contribution is -2.54. The number of aliphatic carboxylic acids is 1. The molecule has 5 heteroatoms. The maximum absolute atomic E-state index is 11.2. The molecule has 0 N–H and O–H groups in total. The van der Waals surface area contributed by atoms with Crippen LogP contribution in [0.3, 0.4) is 0 Å². The van der Waals surface area contributed by atoms with Gasteiger partial charge in [-0.2, -0.15) is 0 Å². The quantitative estimate of drug-likeness (QED) is 0.702. The highest BCUT2D eigenvalue weighted by Gasteiger charge is 2.35. The molecule has 0 bridgehead atoms. The number of rotatable bonds is 5. The second kappa shape index (κ2) is 5.23. The minimum atomic E-state index is -1.21. The Morgan fingerprint density at radius 1 is 1.41 bits per heavy atom. The molecule has 1 unspecified atom stereocenters. The topological polar surface area (TPSA) is 60.4 Å². The van der Waals surface area contributed by atoms with Crippen LogP contribution in [0.1, 0.15) is 12.0 Å². The third kappa shape index (κ3) is 3.00. The standard InChI is InChI=1S/C12H13NO3S/c14-10-6-11(13(10)7-12(15)16)17-8-9-4-2-1-3-5-9/h1-5,11H,6-8H2,(H,15,16)/p-1. The van der Waals surface area contributed by atoms with Crippen molar-refractivity contribution >= 4 is 23.6 Å². The molecule has 1 atom stereocenters. The van der Waals surface area contributed by atoms with Crippen molar-refractivity contribution in [2.75, 3.05) is 6.54 Å². The van der Waals surface area contributed by atoms with E-state index < -0.39 is 5.97 Å². The third-order valence-electron chi connectivity index (χ3n) is 2.60. The molecule has 0 aromatic heterocycles. The van der Waals surface area contributed by atoms with Gasteiger partial charge in [0.2, 0.25) is 5.91 Å². The van der Waals surface area contributed by atoms with Gasteiger partial charge in [0.1, 0.15) is 0 Å². The lowest BCUT2D eigenvalue weighted by atomic mass is 10.2. The van der Waals surface area contributed by atoms with Gasteiger partial charge >= 0.3 is 0 Å². The molecular formula is C12H12NO3S-. The molecule has 1 amide bonds. The Morgan fingerprint density at radius 3 is 2.71 bits per heavy atom. The lowest BCUT2D eigenvalue weighted by Gasteiger charge is -2.40. The van der Waals surface area contributed by atoms with Crippen molar-refractivity contribution in [3.05, 3.63) is 35.9 Å². The van der Waals surface area contributed by atoms with Crippen molar-refractivity contribution in [2.24, 2.45) is 0 Å². The number of amides is 1. The van der Waals surface area contributed by atoms with E-state index in [0.29, 0.717) is 6.42 Å². The van der Waals surface area contributed by atoms with E-state index in [2.05, 4.69) is 0 Å². The van der Waals surface area contributed by atoms with E-state index in [4.69, 9.17) is 0 Å². The molecule has 90 valence electrons. The summed E-state index contributed by atoms with van der Waals surface area (Å²) in [6, 6.07) is 9.89. The van der Waals surface area contributed by atoms with Gasteiger partial charge in [0.05, 0.1) is 24.3 Å². The molecule has 17 heavy (non-hydrogen) atoms. The highest BCUT2D eigenvalue weighted by molar-refractivity contribution is 7.99. The molecule has 0 spiro atoms. The van der Waals surface area contributed by atoms with Gasteiger partial charge in [-0.3, -0.25) is 4.79 Å². The van der Waals surface area contributed by atoms with Gasteiger partial charge in [-0.15, -0.1) is 11.8 Å². The largest absolute Gasteiger partial charge is 0.548 e. The molecule has 1 aliphatic heterocycles. The molecule has 1 fully saturated rings. The average Bonchev–Trinajstić information content (AvgIpc) is 2.33. The minimum Gasteiger partial charge on any atom is -0.548 e. The number of hydrogen-bond donors (Lipinski definition) is 0. The number of benzene rings is 1. The first-order chi connectivity index (χ1) is 8.16. The van der Waals surface area contributed by atoms with Gasteiger partial charge < -0.3 is 14.8 Å². The molecule has 2 rings (SSSR count). The third-order valence-corrected chi connectivity index (χ3v) is 3.91. The maximum atomic E-state index is 11.2. The van der Waals surface area contributed by atoms with E-state index in [0.717, 1.165) is 5.75 Å². The zero-order valence-corrected chi connectivity index (χ0v) is 9.98. The predicted octanol–water partition coefficient (Wildman–Crippen LogP) is 0.228. The number of β-lactam (4-membered cyclic amide) rings is 1. The van der Waals surface area contributed by atoms with E-state index >= 15 is 0 Å². The zero-order chi connectivity index (χ0) is 12.3. The van der Waals surface area contributed by atoms with Crippen molar-refractivity contribution in [2.45, 2.75) is 17.5 Å². The number of likely N-dealkylation sites (tertiary alicyclic amines) is 1. The zero-order valence-electron chi connectivity index (χ0n) is 9.17. The molecule has 0 saturated carbocycles. The summed E-state index contributed by atoms with van der Waals surface area (Å²) >= 11 is 1.58. The minimum absolute atomic E-state index is 0.0272. The average molecular weight is 250 g/mol. The normalized spacial score (nSPS) is 18.9. The Bertz CT molecular complexity index is 421. The van der Waals surface area contributed by atoms with Gasteiger partial charge in [-0.1, -0.05) is 30.3 Å². The van der Waals surface area contributed by atoms with E-state index in [1.807, 2.05) is 30.3 Å². The van der Waals surface area contributed by atoms with Gasteiger partial charge in [0, 0.05) is 5.75 Å². The van der Waals surface area contributed by atoms with Gasteiger partial charge in [-0.25, -0.2) is 0 Å². The van der Waals surface area contributed by atoms with Crippen LogP contribution in [0.25, 0.3) is 0 Å². The molecule has 1 aromatic carbocycles. The van der Waals surface area contributed by atoms with Crippen LogP contribution in [0.15, 0.2) is 30.3 Å². The second-order valence-electron chi connectivity index (χ2n) is 3.85. The summed E-state index contributed by atoms with van der Waals surface area (Å²) in [5, 5.41) is 10.4. The molecule has 4 nitrogen and oxygen atoms in total. The van der Waals surface area contributed by atoms with Gasteiger partial charge in [-0.05, 0) is 5.56 Å². The van der Waals surface area contributed by atoms with Crippen LogP contribution >= 0.6 is 11.8 Å². The molecule has 1 aliphatic rings. The van der Waals surface area contributed by atoms with E-state index in [1.54, 1.807) is 11.8 Å². The number of hydrogen-bond acceptors (Lipinski definition) is 4. The van der Waals surface area contributed by atoms with E-state index in [1.165, 1.54) is 10.5 Å². The Labute approximate surface area is 104 Å². The number of carboxylic acid groups (broad SMARTS) is 1. The molecule has 1 saturated heterocycles. The first kappa shape index (κ1) is 12.0. The fraction of sp³-hybridized carbons (Fsp3) is 0.333. The van der Waals surface area contributed by atoms with Crippen LogP contribution in [0.2, 0.25) is 0 Å². The van der Waals surface area contributed by atoms with Crippen molar-refractivity contribution < 1.29 is 14.7 Å². The molecule has 1 heterocycles. The maximum Gasteiger partial charge on any atom is 0.226 e. The summed E-state index contributed by atoms with van der Waals surface area (Å²) in [5.74, 6) is -0.536. The van der Waals surface area contributed by atoms with Crippen LogP contribution in [-0.4, -0.2) is 28.7 Å². The van der Waals surface area contributed by atoms with Gasteiger partial charge in [0.25, 0.3) is 0 Å². The summed E-state index contributed by atoms with van der Waals surface area (Å²) in [4.78, 5) is 23.0. The SMILES string of the molecule is O=C([O-])CN1C(=O)CC1SCc1ccccc1. The Morgan fingerprint density at radius 2 is 2.12 bits per heavy atom. The van der Waals surface area contributed by atoms with Gasteiger partial charge in [0.15, 0.2) is 0 Å². The van der Waals surface area contributed by atoms with Crippen LogP contribution in [-0.2, 0) is 15.3 Å². The summed E-state index contributed by atoms with van der Waals surface area (Å²) in [5.41, 5.74) is 1.17. The highest BCUT2D eigenvalue weighted by atomic mass is 32.2. The first-order valence-corrected chi connectivity index (χ1v) is 6.36. The lowest BCUT2D eigenvalue weighted by molar-refractivity contribution is -0.306. The second-order valence-corrected chi connectivity index (χ2v) is 5.02. The van der Waals surface area contributed by atoms with Crippen LogP contribution in [0, 0.1) is 0 Å². The smallest absolute Gasteiger partial charge is 0.226 e. The summed E-state index contributed by atoms with van der Waals surface area (Å²) in [6.45, 7) is -0.300. The predicted molar refractivity (Wildman–Crippen MR) is 62.9 cm³/mol. The summed E-state index contributed by atoms with van der Waals surface area (Å²) in [6.07, 6.45) is 0.421. The number of thioether (sulfide) groups is 1. The fourth-order valence-corrected chi connectivity index (χ4v) is 2.88. The molecule has 1 aromatic rings. The Kier molecular flexibility index (Phi) is 3.68. The summed E-state index contributed by atoms with van der Waals surface area (Å²) in [7, 11) is 0. The van der Waals surface area contributed by atoms with Crippen molar-refractivity contribution in [3.8, 4) is 0 Å². The van der Waals surface area contributed by atoms with E-state index in [-0.39, 0.29) is 17.8 Å². The van der Waals surface area contributed by atoms with Crippen molar-refractivity contribution in [1.82, 2.24) is 4.90 Å². The van der Waals surface area contributed by atoms with E-state index in [9.17, 15) is 14.7 Å². The Hall–Kier alpha value is -1.49.